The lowest BCUT2D eigenvalue weighted by Gasteiger charge is -2.29. The van der Waals surface area contributed by atoms with Crippen LogP contribution in [0.25, 0.3) is 0 Å². The lowest BCUT2D eigenvalue weighted by Crippen LogP contribution is -2.30. The quantitative estimate of drug-likeness (QED) is 0.269. The summed E-state index contributed by atoms with van der Waals surface area (Å²) >= 11 is 0. The summed E-state index contributed by atoms with van der Waals surface area (Å²) < 4.78 is 38.3. The fraction of sp³-hybridized carbons (Fsp3) is 0.212. The predicted molar refractivity (Wildman–Crippen MR) is 156 cm³/mol. The summed E-state index contributed by atoms with van der Waals surface area (Å²) in [6, 6.07) is 22.0. The number of rotatable bonds is 9. The summed E-state index contributed by atoms with van der Waals surface area (Å²) in [6.07, 6.45) is 0.775. The average Bonchev–Trinajstić information content (AvgIpc) is 3.01. The highest BCUT2D eigenvalue weighted by Crippen LogP contribution is 2.28. The molecule has 4 aromatic rings. The number of carbonyl (C=O) groups excluding carboxylic acids is 2. The van der Waals surface area contributed by atoms with Gasteiger partial charge in [-0.05, 0) is 71.6 Å². The fourth-order valence-corrected chi connectivity index (χ4v) is 5.03. The molecule has 4 aromatic carbocycles. The van der Waals surface area contributed by atoms with Crippen molar-refractivity contribution in [3.63, 3.8) is 0 Å². The Bertz CT molecular complexity index is 1630. The Morgan fingerprint density at radius 1 is 0.833 bits per heavy atom. The number of benzene rings is 4. The molecule has 0 saturated heterocycles. The molecule has 0 aromatic heterocycles. The molecular formula is C33H31F2N3O4. The number of amides is 2. The van der Waals surface area contributed by atoms with Gasteiger partial charge in [0.15, 0.2) is 23.1 Å². The molecule has 0 bridgehead atoms. The van der Waals surface area contributed by atoms with Crippen LogP contribution in [0.1, 0.15) is 43.0 Å². The van der Waals surface area contributed by atoms with Crippen LogP contribution < -0.4 is 20.1 Å². The van der Waals surface area contributed by atoms with Gasteiger partial charge in [-0.15, -0.1) is 0 Å². The van der Waals surface area contributed by atoms with E-state index >= 15 is 0 Å². The highest BCUT2D eigenvalue weighted by molar-refractivity contribution is 6.04. The van der Waals surface area contributed by atoms with Gasteiger partial charge in [0.1, 0.15) is 0 Å². The number of ether oxygens (including phenoxy) is 2. The molecular weight excluding hydrogens is 540 g/mol. The summed E-state index contributed by atoms with van der Waals surface area (Å²) in [4.78, 5) is 27.8. The second-order valence-electron chi connectivity index (χ2n) is 10.1. The topological polar surface area (TPSA) is 79.9 Å². The third kappa shape index (κ3) is 6.58. The third-order valence-corrected chi connectivity index (χ3v) is 7.27. The second-order valence-corrected chi connectivity index (χ2v) is 10.1. The van der Waals surface area contributed by atoms with Gasteiger partial charge in [0.25, 0.3) is 11.8 Å². The molecule has 1 aliphatic rings. The molecule has 1 aliphatic heterocycles. The van der Waals surface area contributed by atoms with Gasteiger partial charge in [0, 0.05) is 48.6 Å². The smallest absolute Gasteiger partial charge is 0.255 e. The van der Waals surface area contributed by atoms with Crippen LogP contribution in [0.15, 0.2) is 78.9 Å². The molecule has 7 nitrogen and oxygen atoms in total. The van der Waals surface area contributed by atoms with Gasteiger partial charge in [0.2, 0.25) is 0 Å². The van der Waals surface area contributed by atoms with Crippen molar-refractivity contribution >= 4 is 17.5 Å². The van der Waals surface area contributed by atoms with Crippen LogP contribution >= 0.6 is 0 Å². The highest BCUT2D eigenvalue weighted by Gasteiger charge is 2.20. The Morgan fingerprint density at radius 3 is 2.43 bits per heavy atom. The van der Waals surface area contributed by atoms with Crippen molar-refractivity contribution in [3.05, 3.63) is 124 Å². The van der Waals surface area contributed by atoms with E-state index in [0.29, 0.717) is 47.0 Å². The molecule has 216 valence electrons. The minimum absolute atomic E-state index is 0.231. The third-order valence-electron chi connectivity index (χ3n) is 7.27. The lowest BCUT2D eigenvalue weighted by molar-refractivity contribution is 0.0950. The van der Waals surface area contributed by atoms with Crippen LogP contribution in [0.2, 0.25) is 0 Å². The van der Waals surface area contributed by atoms with Crippen molar-refractivity contribution in [2.75, 3.05) is 26.1 Å². The Balaban J connectivity index is 1.21. The zero-order valence-corrected chi connectivity index (χ0v) is 23.4. The van der Waals surface area contributed by atoms with Crippen LogP contribution in [0.3, 0.4) is 0 Å². The normalized spacial score (nSPS) is 12.8. The van der Waals surface area contributed by atoms with E-state index in [1.165, 1.54) is 20.3 Å². The number of methoxy groups -OCH3 is 2. The highest BCUT2D eigenvalue weighted by atomic mass is 19.2. The predicted octanol–water partition coefficient (Wildman–Crippen LogP) is 5.72. The maximum absolute atomic E-state index is 14.2. The van der Waals surface area contributed by atoms with E-state index in [1.54, 1.807) is 42.5 Å². The standard InChI is InChI=1S/C33H31F2N3O4/c1-41-29-12-10-24(17-30(29)42-2)32(39)36-18-21-5-3-6-23(15-21)33(40)37-27-11-9-22-13-14-38(20-26(22)16-27)19-25-7-4-8-28(34)31(25)35/h3-12,15-17H,13-14,18-20H2,1-2H3,(H,36,39)(H,37,40). The Kier molecular flexibility index (Phi) is 8.78. The molecule has 0 unspecified atom stereocenters. The molecule has 1 heterocycles. The van der Waals surface area contributed by atoms with Crippen molar-refractivity contribution in [2.24, 2.45) is 0 Å². The van der Waals surface area contributed by atoms with Gasteiger partial charge < -0.3 is 20.1 Å². The minimum atomic E-state index is -0.848. The van der Waals surface area contributed by atoms with Gasteiger partial charge in [-0.2, -0.15) is 0 Å². The summed E-state index contributed by atoms with van der Waals surface area (Å²) in [7, 11) is 3.03. The first-order valence-corrected chi connectivity index (χ1v) is 13.5. The number of nitrogens with one attached hydrogen (secondary N) is 2. The number of nitrogens with zero attached hydrogens (tertiary/aromatic N) is 1. The number of fused-ring (bicyclic) bond motifs is 1. The Hall–Kier alpha value is -4.76. The molecule has 0 radical (unpaired) electrons. The summed E-state index contributed by atoms with van der Waals surface area (Å²) in [5.74, 6) is -1.24. The molecule has 0 atom stereocenters. The van der Waals surface area contributed by atoms with Gasteiger partial charge in [-0.3, -0.25) is 14.5 Å². The summed E-state index contributed by atoms with van der Waals surface area (Å²) in [5, 5.41) is 5.82. The Labute approximate surface area is 243 Å². The lowest BCUT2D eigenvalue weighted by atomic mass is 9.98. The molecule has 42 heavy (non-hydrogen) atoms. The van der Waals surface area contributed by atoms with Crippen molar-refractivity contribution < 1.29 is 27.8 Å². The zero-order chi connectivity index (χ0) is 29.6. The summed E-state index contributed by atoms with van der Waals surface area (Å²) in [5.41, 5.74) is 4.80. The fourth-order valence-electron chi connectivity index (χ4n) is 5.03. The van der Waals surface area contributed by atoms with Crippen molar-refractivity contribution in [1.29, 1.82) is 0 Å². The van der Waals surface area contributed by atoms with Gasteiger partial charge in [-0.25, -0.2) is 8.78 Å². The molecule has 2 N–H and O–H groups in total. The van der Waals surface area contributed by atoms with Crippen LogP contribution in [0.5, 0.6) is 11.5 Å². The van der Waals surface area contributed by atoms with Crippen molar-refractivity contribution in [3.8, 4) is 11.5 Å². The van der Waals surface area contributed by atoms with Crippen LogP contribution in [0, 0.1) is 11.6 Å². The number of hydrogen-bond donors (Lipinski definition) is 2. The first-order valence-electron chi connectivity index (χ1n) is 13.5. The SMILES string of the molecule is COc1ccc(C(=O)NCc2cccc(C(=O)Nc3ccc4c(c3)CN(Cc3cccc(F)c3F)CC4)c2)cc1OC. The molecule has 0 fully saturated rings. The van der Waals surface area contributed by atoms with Crippen LogP contribution in [-0.4, -0.2) is 37.5 Å². The van der Waals surface area contributed by atoms with Crippen molar-refractivity contribution in [1.82, 2.24) is 10.2 Å². The van der Waals surface area contributed by atoms with Gasteiger partial charge >= 0.3 is 0 Å². The number of hydrogen-bond acceptors (Lipinski definition) is 5. The molecule has 0 saturated carbocycles. The number of carbonyl (C=O) groups is 2. The minimum Gasteiger partial charge on any atom is -0.493 e. The molecule has 5 rings (SSSR count). The van der Waals surface area contributed by atoms with Crippen molar-refractivity contribution in [2.45, 2.75) is 26.1 Å². The van der Waals surface area contributed by atoms with E-state index in [4.69, 9.17) is 9.47 Å². The van der Waals surface area contributed by atoms with Crippen LogP contribution in [-0.2, 0) is 26.1 Å². The number of halogens is 2. The molecule has 2 amide bonds. The van der Waals surface area contributed by atoms with Crippen LogP contribution in [0.4, 0.5) is 14.5 Å². The van der Waals surface area contributed by atoms with E-state index in [9.17, 15) is 18.4 Å². The number of anilines is 1. The first-order chi connectivity index (χ1) is 20.3. The largest absolute Gasteiger partial charge is 0.493 e. The maximum atomic E-state index is 14.2. The van der Waals surface area contributed by atoms with E-state index < -0.39 is 11.6 Å². The Morgan fingerprint density at radius 2 is 1.62 bits per heavy atom. The van der Waals surface area contributed by atoms with E-state index in [2.05, 4.69) is 15.5 Å². The first kappa shape index (κ1) is 28.8. The van der Waals surface area contributed by atoms with Gasteiger partial charge in [0.05, 0.1) is 14.2 Å². The second kappa shape index (κ2) is 12.8. The monoisotopic (exact) mass is 571 g/mol. The molecule has 0 spiro atoms. The van der Waals surface area contributed by atoms with E-state index in [0.717, 1.165) is 35.7 Å². The molecule has 9 heteroatoms. The summed E-state index contributed by atoms with van der Waals surface area (Å²) in [6.45, 7) is 1.82. The van der Waals surface area contributed by atoms with E-state index in [-0.39, 0.29) is 18.4 Å². The van der Waals surface area contributed by atoms with Gasteiger partial charge in [-0.1, -0.05) is 30.3 Å². The zero-order valence-electron chi connectivity index (χ0n) is 23.4. The van der Waals surface area contributed by atoms with E-state index in [1.807, 2.05) is 24.3 Å². The maximum Gasteiger partial charge on any atom is 0.255 e. The average molecular weight is 572 g/mol. The molecule has 0 aliphatic carbocycles.